The van der Waals surface area contributed by atoms with Crippen LogP contribution in [0.5, 0.6) is 0 Å². The standard InChI is InChI=1S/C17H23N3O2S/c21-15(18-8-14-10-23-16(19-14)11-3-4-11)13-2-1-7-20(9-13)17(22)12-5-6-12/h10-13H,1-9H2,(H,18,21). The first-order chi connectivity index (χ1) is 11.2. The largest absolute Gasteiger partial charge is 0.350 e. The highest BCUT2D eigenvalue weighted by molar-refractivity contribution is 7.09. The van der Waals surface area contributed by atoms with Crippen molar-refractivity contribution in [2.45, 2.75) is 51.0 Å². The summed E-state index contributed by atoms with van der Waals surface area (Å²) >= 11 is 1.71. The second-order valence-corrected chi connectivity index (χ2v) is 7.96. The zero-order chi connectivity index (χ0) is 15.8. The van der Waals surface area contributed by atoms with Crippen LogP contribution in [0.3, 0.4) is 0 Å². The van der Waals surface area contributed by atoms with E-state index in [0.717, 1.165) is 37.9 Å². The third-order valence-electron chi connectivity index (χ3n) is 4.97. The van der Waals surface area contributed by atoms with Gasteiger partial charge in [-0.1, -0.05) is 0 Å². The highest BCUT2D eigenvalue weighted by Crippen LogP contribution is 2.41. The van der Waals surface area contributed by atoms with Crippen molar-refractivity contribution in [2.75, 3.05) is 13.1 Å². The molecule has 23 heavy (non-hydrogen) atoms. The van der Waals surface area contributed by atoms with E-state index < -0.39 is 0 Å². The van der Waals surface area contributed by atoms with Crippen LogP contribution in [0.25, 0.3) is 0 Å². The summed E-state index contributed by atoms with van der Waals surface area (Å²) in [5.41, 5.74) is 0.965. The fraction of sp³-hybridized carbons (Fsp3) is 0.706. The molecule has 1 N–H and O–H groups in total. The van der Waals surface area contributed by atoms with E-state index in [2.05, 4.69) is 15.7 Å². The molecule has 2 aliphatic carbocycles. The van der Waals surface area contributed by atoms with Crippen LogP contribution in [-0.2, 0) is 16.1 Å². The maximum absolute atomic E-state index is 12.4. The molecule has 2 amide bonds. The molecule has 3 aliphatic rings. The van der Waals surface area contributed by atoms with Gasteiger partial charge in [0.25, 0.3) is 0 Å². The predicted molar refractivity (Wildman–Crippen MR) is 88.0 cm³/mol. The molecule has 2 saturated carbocycles. The molecule has 0 radical (unpaired) electrons. The monoisotopic (exact) mass is 333 g/mol. The van der Waals surface area contributed by atoms with Crippen LogP contribution >= 0.6 is 11.3 Å². The fourth-order valence-electron chi connectivity index (χ4n) is 3.22. The Balaban J connectivity index is 1.28. The van der Waals surface area contributed by atoms with Crippen LogP contribution < -0.4 is 5.32 Å². The second-order valence-electron chi connectivity index (χ2n) is 7.07. The Labute approximate surface area is 140 Å². The highest BCUT2D eigenvalue weighted by Gasteiger charge is 2.36. The van der Waals surface area contributed by atoms with Crippen molar-refractivity contribution in [2.24, 2.45) is 11.8 Å². The predicted octanol–water partition coefficient (Wildman–Crippen LogP) is 2.29. The van der Waals surface area contributed by atoms with Crippen LogP contribution in [-0.4, -0.2) is 34.8 Å². The number of amides is 2. The average Bonchev–Trinajstić information content (AvgIpc) is 3.50. The average molecular weight is 333 g/mol. The van der Waals surface area contributed by atoms with Gasteiger partial charge in [0, 0.05) is 30.3 Å². The number of aromatic nitrogens is 1. The van der Waals surface area contributed by atoms with Crippen LogP contribution in [0, 0.1) is 11.8 Å². The number of piperidine rings is 1. The number of rotatable bonds is 5. The zero-order valence-electron chi connectivity index (χ0n) is 13.3. The number of carbonyl (C=O) groups is 2. The van der Waals surface area contributed by atoms with Gasteiger partial charge >= 0.3 is 0 Å². The molecule has 1 aromatic heterocycles. The lowest BCUT2D eigenvalue weighted by atomic mass is 9.96. The Kier molecular flexibility index (Phi) is 4.09. The van der Waals surface area contributed by atoms with Crippen molar-refractivity contribution < 1.29 is 9.59 Å². The molecule has 1 saturated heterocycles. The number of hydrogen-bond donors (Lipinski definition) is 1. The van der Waals surface area contributed by atoms with E-state index in [1.54, 1.807) is 11.3 Å². The van der Waals surface area contributed by atoms with Crippen molar-refractivity contribution in [3.63, 3.8) is 0 Å². The van der Waals surface area contributed by atoms with Gasteiger partial charge in [-0.15, -0.1) is 11.3 Å². The Morgan fingerprint density at radius 2 is 2.04 bits per heavy atom. The summed E-state index contributed by atoms with van der Waals surface area (Å²) in [5.74, 6) is 1.18. The molecule has 124 valence electrons. The molecule has 1 unspecified atom stereocenters. The van der Waals surface area contributed by atoms with Crippen molar-refractivity contribution in [3.05, 3.63) is 16.1 Å². The number of carbonyl (C=O) groups excluding carboxylic acids is 2. The lowest BCUT2D eigenvalue weighted by molar-refractivity contribution is -0.136. The lowest BCUT2D eigenvalue weighted by Gasteiger charge is -2.32. The van der Waals surface area contributed by atoms with E-state index in [0.29, 0.717) is 19.0 Å². The van der Waals surface area contributed by atoms with Gasteiger partial charge in [0.1, 0.15) is 0 Å². The van der Waals surface area contributed by atoms with Crippen LogP contribution in [0.1, 0.15) is 55.1 Å². The van der Waals surface area contributed by atoms with Gasteiger partial charge in [-0.05, 0) is 38.5 Å². The molecular weight excluding hydrogens is 310 g/mol. The van der Waals surface area contributed by atoms with Gasteiger partial charge in [0.15, 0.2) is 0 Å². The van der Waals surface area contributed by atoms with Crippen molar-refractivity contribution >= 4 is 23.2 Å². The molecule has 1 aromatic rings. The number of nitrogens with one attached hydrogen (secondary N) is 1. The van der Waals surface area contributed by atoms with Gasteiger partial charge in [0.05, 0.1) is 23.2 Å². The number of thiazole rings is 1. The minimum absolute atomic E-state index is 0.0620. The third kappa shape index (κ3) is 3.57. The summed E-state index contributed by atoms with van der Waals surface area (Å²) in [5, 5.41) is 6.28. The Morgan fingerprint density at radius 1 is 1.22 bits per heavy atom. The molecule has 3 fully saturated rings. The normalized spacial score (nSPS) is 24.5. The maximum atomic E-state index is 12.4. The highest BCUT2D eigenvalue weighted by atomic mass is 32.1. The molecule has 5 nitrogen and oxygen atoms in total. The van der Waals surface area contributed by atoms with Crippen molar-refractivity contribution in [1.29, 1.82) is 0 Å². The summed E-state index contributed by atoms with van der Waals surface area (Å²) in [7, 11) is 0. The first kappa shape index (κ1) is 15.1. The number of likely N-dealkylation sites (tertiary alicyclic amines) is 1. The Morgan fingerprint density at radius 3 is 2.78 bits per heavy atom. The van der Waals surface area contributed by atoms with Crippen molar-refractivity contribution in [3.8, 4) is 0 Å². The van der Waals surface area contributed by atoms with Crippen LogP contribution in [0.4, 0.5) is 0 Å². The van der Waals surface area contributed by atoms with Gasteiger partial charge in [-0.3, -0.25) is 9.59 Å². The van der Waals surface area contributed by atoms with Crippen molar-refractivity contribution in [1.82, 2.24) is 15.2 Å². The third-order valence-corrected chi connectivity index (χ3v) is 6.03. The number of nitrogens with zero attached hydrogens (tertiary/aromatic N) is 2. The molecule has 6 heteroatoms. The lowest BCUT2D eigenvalue weighted by Crippen LogP contribution is -2.45. The Bertz CT molecular complexity index is 607. The topological polar surface area (TPSA) is 62.3 Å². The second kappa shape index (κ2) is 6.23. The number of hydrogen-bond acceptors (Lipinski definition) is 4. The van der Waals surface area contributed by atoms with E-state index >= 15 is 0 Å². The minimum Gasteiger partial charge on any atom is -0.350 e. The summed E-state index contributed by atoms with van der Waals surface area (Å²) in [6, 6.07) is 0. The van der Waals surface area contributed by atoms with Gasteiger partial charge in [0.2, 0.25) is 11.8 Å². The van der Waals surface area contributed by atoms with E-state index in [-0.39, 0.29) is 23.7 Å². The fourth-order valence-corrected chi connectivity index (χ4v) is 4.21. The van der Waals surface area contributed by atoms with E-state index in [1.165, 1.54) is 17.8 Å². The Hall–Kier alpha value is -1.43. The van der Waals surface area contributed by atoms with E-state index in [4.69, 9.17) is 0 Å². The summed E-state index contributed by atoms with van der Waals surface area (Å²) < 4.78 is 0. The molecule has 0 spiro atoms. The summed E-state index contributed by atoms with van der Waals surface area (Å²) in [6.07, 6.45) is 6.38. The van der Waals surface area contributed by atoms with E-state index in [1.807, 2.05) is 4.90 Å². The first-order valence-electron chi connectivity index (χ1n) is 8.71. The smallest absolute Gasteiger partial charge is 0.225 e. The minimum atomic E-state index is -0.0620. The molecule has 4 rings (SSSR count). The van der Waals surface area contributed by atoms with Crippen LogP contribution in [0.2, 0.25) is 0 Å². The molecule has 2 heterocycles. The first-order valence-corrected chi connectivity index (χ1v) is 9.59. The summed E-state index contributed by atoms with van der Waals surface area (Å²) in [6.45, 7) is 1.91. The maximum Gasteiger partial charge on any atom is 0.225 e. The molecule has 0 aromatic carbocycles. The van der Waals surface area contributed by atoms with Crippen LogP contribution in [0.15, 0.2) is 5.38 Å². The van der Waals surface area contributed by atoms with E-state index in [9.17, 15) is 9.59 Å². The zero-order valence-corrected chi connectivity index (χ0v) is 14.1. The van der Waals surface area contributed by atoms with Gasteiger partial charge in [-0.2, -0.15) is 0 Å². The molecule has 1 atom stereocenters. The molecule has 0 bridgehead atoms. The quantitative estimate of drug-likeness (QED) is 0.899. The van der Waals surface area contributed by atoms with Gasteiger partial charge < -0.3 is 10.2 Å². The molecule has 1 aliphatic heterocycles. The van der Waals surface area contributed by atoms with Gasteiger partial charge in [-0.25, -0.2) is 4.98 Å². The molecular formula is C17H23N3O2S. The SMILES string of the molecule is O=C(NCc1csc(C2CC2)n1)C1CCCN(C(=O)C2CC2)C1. The summed E-state index contributed by atoms with van der Waals surface area (Å²) in [4.78, 5) is 31.1.